The molecular weight excluding hydrogens is 457 g/mol. The maximum absolute atomic E-state index is 13.4. The van der Waals surface area contributed by atoms with E-state index in [1.807, 2.05) is 74.5 Å². The van der Waals surface area contributed by atoms with Gasteiger partial charge in [0.25, 0.3) is 5.91 Å². The third-order valence-electron chi connectivity index (χ3n) is 5.13. The molecule has 0 radical (unpaired) electrons. The van der Waals surface area contributed by atoms with Crippen LogP contribution < -0.4 is 10.7 Å². The van der Waals surface area contributed by atoms with Gasteiger partial charge in [0.05, 0.1) is 22.2 Å². The van der Waals surface area contributed by atoms with E-state index < -0.39 is 17.9 Å². The lowest BCUT2D eigenvalue weighted by Crippen LogP contribution is -2.50. The van der Waals surface area contributed by atoms with Crippen LogP contribution in [0.25, 0.3) is 0 Å². The zero-order valence-corrected chi connectivity index (χ0v) is 19.8. The van der Waals surface area contributed by atoms with E-state index in [4.69, 9.17) is 23.2 Å². The molecule has 33 heavy (non-hydrogen) atoms. The number of nitrogens with one attached hydrogen (secondary N) is 2. The van der Waals surface area contributed by atoms with Crippen molar-refractivity contribution in [1.29, 1.82) is 0 Å². The summed E-state index contributed by atoms with van der Waals surface area (Å²) >= 11 is 12.2. The minimum atomic E-state index is -0.778. The van der Waals surface area contributed by atoms with Gasteiger partial charge in [0.2, 0.25) is 5.91 Å². The molecule has 0 spiro atoms. The van der Waals surface area contributed by atoms with E-state index in [9.17, 15) is 9.59 Å². The monoisotopic (exact) mass is 481 g/mol. The smallest absolute Gasteiger partial charge is 0.262 e. The van der Waals surface area contributed by atoms with Crippen LogP contribution in [0.4, 0.5) is 0 Å². The van der Waals surface area contributed by atoms with Crippen molar-refractivity contribution in [2.24, 2.45) is 11.0 Å². The predicted octanol–water partition coefficient (Wildman–Crippen LogP) is 5.42. The number of hydrogen-bond donors (Lipinski definition) is 2. The third-order valence-corrected chi connectivity index (χ3v) is 5.97. The van der Waals surface area contributed by atoms with Gasteiger partial charge in [0.15, 0.2) is 0 Å². The van der Waals surface area contributed by atoms with Crippen LogP contribution >= 0.6 is 23.2 Å². The lowest BCUT2D eigenvalue weighted by molar-refractivity contribution is -0.130. The van der Waals surface area contributed by atoms with Gasteiger partial charge in [0.1, 0.15) is 6.04 Å². The van der Waals surface area contributed by atoms with Crippen LogP contribution in [0.1, 0.15) is 36.5 Å². The molecule has 2 amide bonds. The normalized spacial score (nSPS) is 12.2. The molecular formula is C26H25Cl2N3O2. The number of rotatable bonds is 8. The molecule has 0 bridgehead atoms. The number of carbonyl (C=O) groups excluding carboxylic acids is 2. The highest BCUT2D eigenvalue weighted by Crippen LogP contribution is 2.26. The van der Waals surface area contributed by atoms with Crippen LogP contribution in [-0.4, -0.2) is 24.1 Å². The molecule has 3 aromatic carbocycles. The van der Waals surface area contributed by atoms with E-state index >= 15 is 0 Å². The quantitative estimate of drug-likeness (QED) is 0.333. The summed E-state index contributed by atoms with van der Waals surface area (Å²) in [4.78, 5) is 26.2. The maximum Gasteiger partial charge on any atom is 0.262 e. The molecule has 0 aliphatic carbocycles. The molecule has 5 nitrogen and oxygen atoms in total. The van der Waals surface area contributed by atoms with E-state index in [1.165, 1.54) is 6.21 Å². The Morgan fingerprint density at radius 1 is 0.818 bits per heavy atom. The van der Waals surface area contributed by atoms with Gasteiger partial charge in [-0.05, 0) is 23.1 Å². The fourth-order valence-corrected chi connectivity index (χ4v) is 3.77. The van der Waals surface area contributed by atoms with Crippen molar-refractivity contribution in [3.05, 3.63) is 106 Å². The molecule has 0 aromatic heterocycles. The van der Waals surface area contributed by atoms with Crippen molar-refractivity contribution in [2.75, 3.05) is 0 Å². The van der Waals surface area contributed by atoms with Gasteiger partial charge in [-0.1, -0.05) is 110 Å². The van der Waals surface area contributed by atoms with E-state index in [1.54, 1.807) is 18.2 Å². The Labute approximate surface area is 203 Å². The topological polar surface area (TPSA) is 70.6 Å². The second-order valence-corrected chi connectivity index (χ2v) is 8.65. The Morgan fingerprint density at radius 3 is 1.94 bits per heavy atom. The molecule has 0 saturated carbocycles. The summed E-state index contributed by atoms with van der Waals surface area (Å²) in [5.74, 6) is -1.39. The number of carbonyl (C=O) groups is 2. The number of nitrogens with zero attached hydrogens (tertiary/aromatic N) is 1. The lowest BCUT2D eigenvalue weighted by Gasteiger charge is -2.24. The first-order valence-electron chi connectivity index (χ1n) is 10.6. The van der Waals surface area contributed by atoms with Crippen LogP contribution in [0.2, 0.25) is 10.0 Å². The van der Waals surface area contributed by atoms with Gasteiger partial charge in [0, 0.05) is 5.56 Å². The van der Waals surface area contributed by atoms with E-state index in [-0.39, 0.29) is 11.8 Å². The van der Waals surface area contributed by atoms with Crippen LogP contribution in [0, 0.1) is 5.92 Å². The highest BCUT2D eigenvalue weighted by molar-refractivity contribution is 6.43. The van der Waals surface area contributed by atoms with Crippen molar-refractivity contribution < 1.29 is 9.59 Å². The maximum atomic E-state index is 13.4. The first-order valence-corrected chi connectivity index (χ1v) is 11.3. The van der Waals surface area contributed by atoms with Crippen molar-refractivity contribution in [1.82, 2.24) is 10.7 Å². The van der Waals surface area contributed by atoms with Gasteiger partial charge in [-0.2, -0.15) is 5.10 Å². The minimum absolute atomic E-state index is 0.161. The number of benzene rings is 3. The van der Waals surface area contributed by atoms with Crippen molar-refractivity contribution >= 4 is 41.2 Å². The molecule has 3 aromatic rings. The summed E-state index contributed by atoms with van der Waals surface area (Å²) in [6.07, 6.45) is 1.42. The lowest BCUT2D eigenvalue weighted by atomic mass is 9.89. The molecule has 0 heterocycles. The largest absolute Gasteiger partial charge is 0.343 e. The highest BCUT2D eigenvalue weighted by atomic mass is 35.5. The Morgan fingerprint density at radius 2 is 1.39 bits per heavy atom. The number of hydrogen-bond acceptors (Lipinski definition) is 3. The van der Waals surface area contributed by atoms with Gasteiger partial charge in [-0.25, -0.2) is 5.43 Å². The summed E-state index contributed by atoms with van der Waals surface area (Å²) in [5.41, 5.74) is 4.76. The zero-order valence-electron chi connectivity index (χ0n) is 18.3. The van der Waals surface area contributed by atoms with E-state index in [0.29, 0.717) is 15.6 Å². The number of halogens is 2. The van der Waals surface area contributed by atoms with Crippen molar-refractivity contribution in [2.45, 2.75) is 25.8 Å². The first-order chi connectivity index (χ1) is 15.9. The average Bonchev–Trinajstić information content (AvgIpc) is 2.81. The van der Waals surface area contributed by atoms with E-state index in [0.717, 1.165) is 11.1 Å². The molecule has 0 saturated heterocycles. The van der Waals surface area contributed by atoms with Crippen LogP contribution in [0.3, 0.4) is 0 Å². The Hall–Kier alpha value is -3.15. The summed E-state index contributed by atoms with van der Waals surface area (Å²) < 4.78 is 0. The molecule has 3 rings (SSSR count). The average molecular weight is 482 g/mol. The molecule has 0 aliphatic heterocycles. The third kappa shape index (κ3) is 6.44. The number of hydrazone groups is 1. The van der Waals surface area contributed by atoms with Crippen molar-refractivity contribution in [3.8, 4) is 0 Å². The summed E-state index contributed by atoms with van der Waals surface area (Å²) in [6, 6.07) is 23.3. The predicted molar refractivity (Wildman–Crippen MR) is 134 cm³/mol. The molecule has 2 N–H and O–H groups in total. The SMILES string of the molecule is CC(C)[C@H](NC(=O)C(c1ccccc1)c1ccccc1)C(=O)N/N=C\c1cccc(Cl)c1Cl. The highest BCUT2D eigenvalue weighted by Gasteiger charge is 2.29. The Kier molecular flexibility index (Phi) is 8.64. The fourth-order valence-electron chi connectivity index (χ4n) is 3.41. The van der Waals surface area contributed by atoms with Crippen LogP contribution in [0.5, 0.6) is 0 Å². The van der Waals surface area contributed by atoms with Gasteiger partial charge < -0.3 is 5.32 Å². The molecule has 0 aliphatic rings. The van der Waals surface area contributed by atoms with E-state index in [2.05, 4.69) is 15.8 Å². The van der Waals surface area contributed by atoms with Crippen LogP contribution in [-0.2, 0) is 9.59 Å². The molecule has 0 unspecified atom stereocenters. The second-order valence-electron chi connectivity index (χ2n) is 7.86. The van der Waals surface area contributed by atoms with Gasteiger partial charge in [-0.15, -0.1) is 0 Å². The number of amides is 2. The summed E-state index contributed by atoms with van der Waals surface area (Å²) in [5, 5.41) is 7.65. The summed E-state index contributed by atoms with van der Waals surface area (Å²) in [7, 11) is 0. The first kappa shape index (κ1) is 24.5. The summed E-state index contributed by atoms with van der Waals surface area (Å²) in [6.45, 7) is 3.73. The van der Waals surface area contributed by atoms with Crippen LogP contribution in [0.15, 0.2) is 84.0 Å². The van der Waals surface area contributed by atoms with Gasteiger partial charge >= 0.3 is 0 Å². The minimum Gasteiger partial charge on any atom is -0.343 e. The Balaban J connectivity index is 1.77. The van der Waals surface area contributed by atoms with Crippen molar-refractivity contribution in [3.63, 3.8) is 0 Å². The molecule has 7 heteroatoms. The second kappa shape index (κ2) is 11.6. The Bertz CT molecular complexity index is 1080. The standard InChI is InChI=1S/C26H25Cl2N3O2/c1-17(2)24(26(33)31-29-16-20-14-9-15-21(27)23(20)28)30-25(32)22(18-10-5-3-6-11-18)19-12-7-4-8-13-19/h3-17,22,24H,1-2H3,(H,30,32)(H,31,33)/b29-16-/t24-/m0/s1. The fraction of sp³-hybridized carbons (Fsp3) is 0.192. The van der Waals surface area contributed by atoms with Gasteiger partial charge in [-0.3, -0.25) is 9.59 Å². The zero-order chi connectivity index (χ0) is 23.8. The molecule has 0 fully saturated rings. The molecule has 1 atom stereocenters. The molecule has 170 valence electrons.